The Kier molecular flexibility index (Phi) is 8.38. The number of hydrogen-bond donors (Lipinski definition) is 3. The van der Waals surface area contributed by atoms with Crippen molar-refractivity contribution in [3.05, 3.63) is 129 Å². The van der Waals surface area contributed by atoms with E-state index in [2.05, 4.69) is 12.1 Å². The minimum Gasteiger partial charge on any atom is -0.398 e. The zero-order chi connectivity index (χ0) is 30.5. The van der Waals surface area contributed by atoms with Crippen molar-refractivity contribution in [2.45, 2.75) is 38.7 Å². The molecule has 0 fully saturated rings. The number of aliphatic hydroxyl groups excluding tert-OH is 1. The van der Waals surface area contributed by atoms with Gasteiger partial charge in [0, 0.05) is 53.3 Å². The Morgan fingerprint density at radius 3 is 1.84 bits per heavy atom. The van der Waals surface area contributed by atoms with Gasteiger partial charge in [-0.15, -0.1) is 0 Å². The van der Waals surface area contributed by atoms with Crippen molar-refractivity contribution >= 4 is 23.2 Å². The molecule has 214 valence electrons. The highest BCUT2D eigenvalue weighted by molar-refractivity contribution is 6.00. The number of carbonyl (C=O) groups is 2. The first-order valence-corrected chi connectivity index (χ1v) is 13.7. The molecule has 2 heterocycles. The molecular weight excluding hydrogens is 540 g/mol. The van der Waals surface area contributed by atoms with Crippen LogP contribution < -0.4 is 11.5 Å². The first kappa shape index (κ1) is 28.9. The third kappa shape index (κ3) is 6.03. The van der Waals surface area contributed by atoms with Crippen LogP contribution in [0.25, 0.3) is 0 Å². The number of nitrogens with two attached hydrogens (primary N) is 2. The minimum absolute atomic E-state index is 0.0167. The van der Waals surface area contributed by atoms with E-state index in [9.17, 15) is 14.7 Å². The Bertz CT molecular complexity index is 1790. The van der Waals surface area contributed by atoms with Crippen molar-refractivity contribution < 1.29 is 14.7 Å². The second-order valence-electron chi connectivity index (χ2n) is 10.5. The van der Waals surface area contributed by atoms with Crippen molar-refractivity contribution in [2.75, 3.05) is 11.5 Å². The number of hydrogen-bond acceptors (Lipinski definition) is 7. The molecule has 0 aliphatic carbocycles. The summed E-state index contributed by atoms with van der Waals surface area (Å²) in [5.41, 5.74) is 19.2. The lowest BCUT2D eigenvalue weighted by Crippen LogP contribution is -2.27. The van der Waals surface area contributed by atoms with Crippen LogP contribution in [-0.2, 0) is 32.5 Å². The second kappa shape index (κ2) is 12.5. The molecule has 9 nitrogen and oxygen atoms in total. The van der Waals surface area contributed by atoms with Gasteiger partial charge >= 0.3 is 0 Å². The molecule has 0 saturated heterocycles. The van der Waals surface area contributed by atoms with Gasteiger partial charge in [-0.05, 0) is 46.5 Å². The molecule has 0 radical (unpaired) electrons. The highest BCUT2D eigenvalue weighted by Crippen LogP contribution is 2.36. The molecule has 6 rings (SSSR count). The van der Waals surface area contributed by atoms with Gasteiger partial charge in [0.05, 0.1) is 25.0 Å². The standard InChI is InChI=1S/C17H15N3O2.C17H15N3O/c18-8-7-11-3-1-4-12(9-11)10-20-16(21)13-5-2-6-14(19)15(13)17(20)22;18-8-7-12-3-1-4-13(9-12)10-20-11-15-14(17(20)21)5-2-6-16(15)19/h1-6,9,17,22H,7,10,19H2;1-6,9H,7,10-11,19H2. The summed E-state index contributed by atoms with van der Waals surface area (Å²) in [4.78, 5) is 28.0. The van der Waals surface area contributed by atoms with Gasteiger partial charge in [0.1, 0.15) is 0 Å². The van der Waals surface area contributed by atoms with Crippen molar-refractivity contribution in [3.63, 3.8) is 0 Å². The molecule has 9 heteroatoms. The summed E-state index contributed by atoms with van der Waals surface area (Å²) < 4.78 is 0. The highest BCUT2D eigenvalue weighted by atomic mass is 16.3. The smallest absolute Gasteiger partial charge is 0.256 e. The number of amides is 2. The van der Waals surface area contributed by atoms with Gasteiger partial charge in [-0.2, -0.15) is 10.5 Å². The second-order valence-corrected chi connectivity index (χ2v) is 10.5. The molecule has 43 heavy (non-hydrogen) atoms. The molecule has 0 saturated carbocycles. The van der Waals surface area contributed by atoms with Crippen LogP contribution in [-0.4, -0.2) is 26.7 Å². The number of carbonyl (C=O) groups excluding carboxylic acids is 2. The first-order chi connectivity index (χ1) is 20.8. The number of nitriles is 2. The predicted molar refractivity (Wildman–Crippen MR) is 162 cm³/mol. The van der Waals surface area contributed by atoms with Gasteiger partial charge in [-0.3, -0.25) is 9.59 Å². The Labute approximate surface area is 249 Å². The summed E-state index contributed by atoms with van der Waals surface area (Å²) in [6.45, 7) is 1.35. The van der Waals surface area contributed by atoms with Gasteiger partial charge in [-0.1, -0.05) is 60.7 Å². The van der Waals surface area contributed by atoms with E-state index in [1.54, 1.807) is 23.1 Å². The fourth-order valence-electron chi connectivity index (χ4n) is 5.46. The Balaban J connectivity index is 0.000000171. The van der Waals surface area contributed by atoms with Crippen LogP contribution in [0.3, 0.4) is 0 Å². The number of fused-ring (bicyclic) bond motifs is 2. The number of rotatable bonds is 6. The monoisotopic (exact) mass is 570 g/mol. The topological polar surface area (TPSA) is 160 Å². The van der Waals surface area contributed by atoms with Crippen molar-refractivity contribution in [3.8, 4) is 12.1 Å². The average Bonchev–Trinajstić information content (AvgIpc) is 3.44. The average molecular weight is 571 g/mol. The molecule has 0 aromatic heterocycles. The molecule has 1 atom stereocenters. The fraction of sp³-hybridized carbons (Fsp3) is 0.176. The van der Waals surface area contributed by atoms with Crippen LogP contribution in [0.4, 0.5) is 11.4 Å². The predicted octanol–water partition coefficient (Wildman–Crippen LogP) is 4.47. The molecule has 0 bridgehead atoms. The van der Waals surface area contributed by atoms with Gasteiger partial charge in [0.2, 0.25) is 0 Å². The maximum Gasteiger partial charge on any atom is 0.256 e. The van der Waals surface area contributed by atoms with Gasteiger partial charge in [-0.25, -0.2) is 0 Å². The molecule has 0 spiro atoms. The molecule has 5 N–H and O–H groups in total. The lowest BCUT2D eigenvalue weighted by molar-refractivity contribution is 0.0140. The van der Waals surface area contributed by atoms with E-state index in [1.807, 2.05) is 66.7 Å². The summed E-state index contributed by atoms with van der Waals surface area (Å²) in [5.74, 6) is -0.219. The quantitative estimate of drug-likeness (QED) is 0.288. The lowest BCUT2D eigenvalue weighted by Gasteiger charge is -2.21. The van der Waals surface area contributed by atoms with Gasteiger partial charge in [0.15, 0.2) is 6.23 Å². The largest absolute Gasteiger partial charge is 0.398 e. The Hall–Kier alpha value is -5.64. The first-order valence-electron chi connectivity index (χ1n) is 13.7. The normalized spacial score (nSPS) is 14.8. The Morgan fingerprint density at radius 2 is 1.26 bits per heavy atom. The maximum absolute atomic E-state index is 12.4. The third-order valence-corrected chi connectivity index (χ3v) is 7.54. The summed E-state index contributed by atoms with van der Waals surface area (Å²) in [6, 6.07) is 30.0. The van der Waals surface area contributed by atoms with E-state index in [-0.39, 0.29) is 18.4 Å². The lowest BCUT2D eigenvalue weighted by atomic mass is 10.1. The van der Waals surface area contributed by atoms with Crippen LogP contribution in [0.1, 0.15) is 60.3 Å². The molecule has 2 aliphatic heterocycles. The van der Waals surface area contributed by atoms with Crippen LogP contribution >= 0.6 is 0 Å². The Morgan fingerprint density at radius 1 is 0.721 bits per heavy atom. The van der Waals surface area contributed by atoms with E-state index < -0.39 is 6.23 Å². The number of nitrogen functional groups attached to an aromatic ring is 2. The minimum atomic E-state index is -1.04. The van der Waals surface area contributed by atoms with Crippen molar-refractivity contribution in [1.82, 2.24) is 9.80 Å². The van der Waals surface area contributed by atoms with Crippen LogP contribution in [0.15, 0.2) is 84.9 Å². The highest BCUT2D eigenvalue weighted by Gasteiger charge is 2.36. The van der Waals surface area contributed by atoms with E-state index in [4.69, 9.17) is 22.0 Å². The van der Waals surface area contributed by atoms with Crippen molar-refractivity contribution in [1.29, 1.82) is 10.5 Å². The third-order valence-electron chi connectivity index (χ3n) is 7.54. The summed E-state index contributed by atoms with van der Waals surface area (Å²) in [5, 5.41) is 27.9. The van der Waals surface area contributed by atoms with E-state index in [1.165, 1.54) is 4.90 Å². The van der Waals surface area contributed by atoms with E-state index in [0.717, 1.165) is 27.8 Å². The summed E-state index contributed by atoms with van der Waals surface area (Å²) >= 11 is 0. The van der Waals surface area contributed by atoms with Gasteiger partial charge < -0.3 is 26.4 Å². The number of benzene rings is 4. The SMILES string of the molecule is N#CCc1cccc(CN2C(=O)c3cccc(N)c3C2O)c1.N#CCc1cccc(CN2Cc3c(N)cccc3C2=O)c1. The zero-order valence-corrected chi connectivity index (χ0v) is 23.4. The summed E-state index contributed by atoms with van der Waals surface area (Å²) in [7, 11) is 0. The maximum atomic E-state index is 12.4. The van der Waals surface area contributed by atoms with Gasteiger partial charge in [0.25, 0.3) is 11.8 Å². The summed E-state index contributed by atoms with van der Waals surface area (Å²) in [6.07, 6.45) is -0.338. The molecular formula is C34H30N6O3. The molecule has 1 unspecified atom stereocenters. The molecule has 2 aliphatic rings. The number of aliphatic hydroxyl groups is 1. The molecule has 2 amide bonds. The zero-order valence-electron chi connectivity index (χ0n) is 23.4. The fourth-order valence-corrected chi connectivity index (χ4v) is 5.46. The molecule has 4 aromatic rings. The number of anilines is 2. The van der Waals surface area contributed by atoms with E-state index in [0.29, 0.717) is 54.0 Å². The van der Waals surface area contributed by atoms with Crippen LogP contribution in [0.5, 0.6) is 0 Å². The number of nitrogens with zero attached hydrogens (tertiary/aromatic N) is 4. The van der Waals surface area contributed by atoms with E-state index >= 15 is 0 Å². The van der Waals surface area contributed by atoms with Crippen LogP contribution in [0, 0.1) is 22.7 Å². The van der Waals surface area contributed by atoms with Crippen LogP contribution in [0.2, 0.25) is 0 Å². The molecule has 4 aromatic carbocycles. The van der Waals surface area contributed by atoms with Crippen molar-refractivity contribution in [2.24, 2.45) is 0 Å².